The van der Waals surface area contributed by atoms with Gasteiger partial charge in [-0.25, -0.2) is 0 Å². The Kier molecular flexibility index (Phi) is 1.81. The molecule has 0 radical (unpaired) electrons. The molecule has 2 heteroatoms. The fourth-order valence-corrected chi connectivity index (χ4v) is 1.36. The van der Waals surface area contributed by atoms with Crippen LogP contribution in [0, 0.1) is 0 Å². The molecule has 0 amide bonds. The normalized spacial score (nSPS) is 10.2. The molecular weight excluding hydrogens is 160 g/mol. The Morgan fingerprint density at radius 3 is 2.77 bits per heavy atom. The molecule has 2 nitrogen and oxygen atoms in total. The zero-order valence-corrected chi connectivity index (χ0v) is 7.49. The summed E-state index contributed by atoms with van der Waals surface area (Å²) in [6.07, 6.45) is 7.25. The van der Waals surface area contributed by atoms with E-state index in [0.717, 1.165) is 21.9 Å². The molecule has 0 spiro atoms. The minimum atomic E-state index is 1.03. The van der Waals surface area contributed by atoms with E-state index in [9.17, 15) is 0 Å². The lowest BCUT2D eigenvalue weighted by Gasteiger charge is -2.03. The highest BCUT2D eigenvalue weighted by Crippen LogP contribution is 2.21. The number of rotatable bonds is 1. The van der Waals surface area contributed by atoms with E-state index in [-0.39, 0.29) is 0 Å². The second-order valence-corrected chi connectivity index (χ2v) is 3.06. The van der Waals surface area contributed by atoms with Crippen molar-refractivity contribution >= 4 is 16.3 Å². The topological polar surface area (TPSA) is 25.8 Å². The molecule has 0 aromatic carbocycles. The summed E-state index contributed by atoms with van der Waals surface area (Å²) in [5, 5.41) is 2.22. The third-order valence-corrected chi connectivity index (χ3v) is 2.02. The van der Waals surface area contributed by atoms with Crippen molar-refractivity contribution in [2.45, 2.75) is 6.92 Å². The largest absolute Gasteiger partial charge is 0.264 e. The van der Waals surface area contributed by atoms with Crippen LogP contribution in [-0.4, -0.2) is 9.97 Å². The fraction of sp³-hybridized carbons (Fsp3) is 0.0909. The van der Waals surface area contributed by atoms with Gasteiger partial charge in [0.1, 0.15) is 0 Å². The summed E-state index contributed by atoms with van der Waals surface area (Å²) in [4.78, 5) is 8.18. The summed E-state index contributed by atoms with van der Waals surface area (Å²) in [6.45, 7) is 5.90. The van der Waals surface area contributed by atoms with Crippen LogP contribution in [0.15, 0.2) is 37.4 Å². The van der Waals surface area contributed by atoms with Crippen LogP contribution in [0.3, 0.4) is 0 Å². The Morgan fingerprint density at radius 1 is 1.23 bits per heavy atom. The van der Waals surface area contributed by atoms with Crippen LogP contribution in [0.5, 0.6) is 0 Å². The van der Waals surface area contributed by atoms with Gasteiger partial charge in [-0.05, 0) is 23.9 Å². The average molecular weight is 170 g/mol. The van der Waals surface area contributed by atoms with Crippen LogP contribution >= 0.6 is 0 Å². The highest BCUT2D eigenvalue weighted by atomic mass is 14.7. The molecule has 0 aliphatic heterocycles. The molecule has 0 fully saturated rings. The Labute approximate surface area is 77.0 Å². The second kappa shape index (κ2) is 2.98. The van der Waals surface area contributed by atoms with Gasteiger partial charge in [0.2, 0.25) is 0 Å². The van der Waals surface area contributed by atoms with Crippen LogP contribution in [-0.2, 0) is 0 Å². The Hall–Kier alpha value is -1.70. The maximum absolute atomic E-state index is 4.13. The third-order valence-electron chi connectivity index (χ3n) is 2.02. The first-order chi connectivity index (χ1) is 6.29. The number of allylic oxidation sites excluding steroid dienone is 1. The van der Waals surface area contributed by atoms with Crippen LogP contribution < -0.4 is 0 Å². The fourth-order valence-electron chi connectivity index (χ4n) is 1.36. The lowest BCUT2D eigenvalue weighted by atomic mass is 10.1. The van der Waals surface area contributed by atoms with Gasteiger partial charge >= 0.3 is 0 Å². The molecule has 0 bridgehead atoms. The number of hydrogen-bond donors (Lipinski definition) is 0. The first-order valence-corrected chi connectivity index (χ1v) is 4.12. The lowest BCUT2D eigenvalue weighted by Crippen LogP contribution is -1.85. The van der Waals surface area contributed by atoms with Crippen molar-refractivity contribution in [1.82, 2.24) is 9.97 Å². The highest BCUT2D eigenvalue weighted by molar-refractivity contribution is 5.91. The number of pyridine rings is 2. The Bertz CT molecular complexity index is 455. The van der Waals surface area contributed by atoms with E-state index in [1.165, 1.54) is 0 Å². The molecule has 2 heterocycles. The van der Waals surface area contributed by atoms with Crippen molar-refractivity contribution in [2.75, 3.05) is 0 Å². The highest BCUT2D eigenvalue weighted by Gasteiger charge is 2.00. The van der Waals surface area contributed by atoms with E-state index in [4.69, 9.17) is 0 Å². The number of aromatic nitrogens is 2. The minimum absolute atomic E-state index is 1.03. The molecule has 2 aromatic heterocycles. The SMILES string of the molecule is C=C(C)c1cncc2cnccc12. The van der Waals surface area contributed by atoms with Crippen LogP contribution in [0.4, 0.5) is 0 Å². The van der Waals surface area contributed by atoms with Crippen molar-refractivity contribution in [3.63, 3.8) is 0 Å². The minimum Gasteiger partial charge on any atom is -0.264 e. The van der Waals surface area contributed by atoms with E-state index in [1.807, 2.05) is 31.6 Å². The lowest BCUT2D eigenvalue weighted by molar-refractivity contribution is 1.30. The van der Waals surface area contributed by atoms with Gasteiger partial charge in [-0.2, -0.15) is 0 Å². The van der Waals surface area contributed by atoms with E-state index < -0.39 is 0 Å². The summed E-state index contributed by atoms with van der Waals surface area (Å²) in [5.74, 6) is 0. The van der Waals surface area contributed by atoms with Crippen LogP contribution in [0.25, 0.3) is 16.3 Å². The van der Waals surface area contributed by atoms with E-state index in [1.54, 1.807) is 6.20 Å². The summed E-state index contributed by atoms with van der Waals surface area (Å²) in [5.41, 5.74) is 2.13. The molecule has 13 heavy (non-hydrogen) atoms. The third kappa shape index (κ3) is 1.31. The number of nitrogens with zero attached hydrogens (tertiary/aromatic N) is 2. The second-order valence-electron chi connectivity index (χ2n) is 3.06. The maximum Gasteiger partial charge on any atom is 0.0362 e. The van der Waals surface area contributed by atoms with Crippen molar-refractivity contribution < 1.29 is 0 Å². The molecule has 0 atom stereocenters. The van der Waals surface area contributed by atoms with E-state index in [2.05, 4.69) is 16.5 Å². The molecule has 0 N–H and O–H groups in total. The van der Waals surface area contributed by atoms with Gasteiger partial charge in [-0.15, -0.1) is 0 Å². The monoisotopic (exact) mass is 170 g/mol. The van der Waals surface area contributed by atoms with Gasteiger partial charge in [0, 0.05) is 35.7 Å². The molecule has 2 aromatic rings. The van der Waals surface area contributed by atoms with Crippen LogP contribution in [0.1, 0.15) is 12.5 Å². The average Bonchev–Trinajstić information content (AvgIpc) is 2.17. The van der Waals surface area contributed by atoms with Crippen molar-refractivity contribution in [3.8, 4) is 0 Å². The summed E-state index contributed by atoms with van der Waals surface area (Å²) >= 11 is 0. The summed E-state index contributed by atoms with van der Waals surface area (Å²) < 4.78 is 0. The van der Waals surface area contributed by atoms with E-state index in [0.29, 0.717) is 0 Å². The van der Waals surface area contributed by atoms with Crippen molar-refractivity contribution in [1.29, 1.82) is 0 Å². The molecular formula is C11H10N2. The zero-order valence-electron chi connectivity index (χ0n) is 7.49. The van der Waals surface area contributed by atoms with Gasteiger partial charge in [-0.3, -0.25) is 9.97 Å². The van der Waals surface area contributed by atoms with E-state index >= 15 is 0 Å². The van der Waals surface area contributed by atoms with Crippen molar-refractivity contribution in [2.24, 2.45) is 0 Å². The standard InChI is InChI=1S/C11H10N2/c1-8(2)11-7-13-6-9-5-12-4-3-10(9)11/h3-7H,1H2,2H3. The molecule has 2 rings (SSSR count). The number of hydrogen-bond acceptors (Lipinski definition) is 2. The predicted octanol–water partition coefficient (Wildman–Crippen LogP) is 2.66. The van der Waals surface area contributed by atoms with Crippen LogP contribution in [0.2, 0.25) is 0 Å². The Morgan fingerprint density at radius 2 is 2.00 bits per heavy atom. The van der Waals surface area contributed by atoms with Gasteiger partial charge in [0.05, 0.1) is 0 Å². The van der Waals surface area contributed by atoms with Gasteiger partial charge in [-0.1, -0.05) is 6.58 Å². The smallest absolute Gasteiger partial charge is 0.0362 e. The Balaban J connectivity index is 2.83. The molecule has 0 saturated carbocycles. The zero-order chi connectivity index (χ0) is 9.26. The first kappa shape index (κ1) is 7.92. The molecule has 64 valence electrons. The number of fused-ring (bicyclic) bond motifs is 1. The molecule has 0 aliphatic carbocycles. The summed E-state index contributed by atoms with van der Waals surface area (Å²) in [6, 6.07) is 1.99. The summed E-state index contributed by atoms with van der Waals surface area (Å²) in [7, 11) is 0. The predicted molar refractivity (Wildman–Crippen MR) is 54.2 cm³/mol. The quantitative estimate of drug-likeness (QED) is 0.657. The molecule has 0 unspecified atom stereocenters. The molecule has 0 aliphatic rings. The van der Waals surface area contributed by atoms with Crippen molar-refractivity contribution in [3.05, 3.63) is 43.0 Å². The van der Waals surface area contributed by atoms with Gasteiger partial charge < -0.3 is 0 Å². The molecule has 0 saturated heterocycles. The van der Waals surface area contributed by atoms with Gasteiger partial charge in [0.15, 0.2) is 0 Å². The first-order valence-electron chi connectivity index (χ1n) is 4.12. The maximum atomic E-state index is 4.13. The van der Waals surface area contributed by atoms with Gasteiger partial charge in [0.25, 0.3) is 0 Å².